The Morgan fingerprint density at radius 3 is 2.07 bits per heavy atom. The van der Waals surface area contributed by atoms with Crippen LogP contribution in [0.5, 0.6) is 0 Å². The Morgan fingerprint density at radius 1 is 1.03 bits per heavy atom. The standard InChI is InChI=1S/C20H16ClF3N2O3/c1-10(2)16(26-18(28)12-5-3-4-6-13(12)19(26)29)17(27)25-11-7-8-15(21)14(9-11)20(22,23)24/h3-10,16H,1-2H3,(H,25,27). The molecular weight excluding hydrogens is 409 g/mol. The predicted octanol–water partition coefficient (Wildman–Crippen LogP) is 4.62. The van der Waals surface area contributed by atoms with Crippen molar-refractivity contribution in [3.63, 3.8) is 0 Å². The molecule has 0 fully saturated rings. The smallest absolute Gasteiger partial charge is 0.324 e. The summed E-state index contributed by atoms with van der Waals surface area (Å²) in [5.74, 6) is -2.49. The second kappa shape index (κ2) is 7.51. The summed E-state index contributed by atoms with van der Waals surface area (Å²) in [6.07, 6.45) is -4.70. The van der Waals surface area contributed by atoms with E-state index in [1.807, 2.05) is 0 Å². The van der Waals surface area contributed by atoms with Crippen LogP contribution in [-0.4, -0.2) is 28.7 Å². The summed E-state index contributed by atoms with van der Waals surface area (Å²) >= 11 is 5.59. The Hall–Kier alpha value is -2.87. The van der Waals surface area contributed by atoms with Gasteiger partial charge in [-0.1, -0.05) is 37.6 Å². The van der Waals surface area contributed by atoms with Gasteiger partial charge in [0.1, 0.15) is 6.04 Å². The Kier molecular flexibility index (Phi) is 5.40. The van der Waals surface area contributed by atoms with Crippen LogP contribution >= 0.6 is 11.6 Å². The molecule has 0 saturated carbocycles. The quantitative estimate of drug-likeness (QED) is 0.728. The molecule has 1 heterocycles. The predicted molar refractivity (Wildman–Crippen MR) is 101 cm³/mol. The zero-order valence-electron chi connectivity index (χ0n) is 15.4. The highest BCUT2D eigenvalue weighted by molar-refractivity contribution is 6.31. The number of amides is 3. The van der Waals surface area contributed by atoms with Gasteiger partial charge in [0.15, 0.2) is 0 Å². The summed E-state index contributed by atoms with van der Waals surface area (Å²) in [4.78, 5) is 39.1. The number of anilines is 1. The molecule has 0 aromatic heterocycles. The van der Waals surface area contributed by atoms with Gasteiger partial charge >= 0.3 is 6.18 Å². The van der Waals surface area contributed by atoms with E-state index in [2.05, 4.69) is 5.32 Å². The number of fused-ring (bicyclic) bond motifs is 1. The highest BCUT2D eigenvalue weighted by atomic mass is 35.5. The van der Waals surface area contributed by atoms with Crippen LogP contribution in [0.3, 0.4) is 0 Å². The van der Waals surface area contributed by atoms with E-state index in [1.165, 1.54) is 18.2 Å². The molecule has 1 aliphatic rings. The highest BCUT2D eigenvalue weighted by Gasteiger charge is 2.44. The number of halogens is 4. The second-order valence-corrected chi connectivity index (χ2v) is 7.30. The minimum atomic E-state index is -4.70. The van der Waals surface area contributed by atoms with Crippen LogP contribution < -0.4 is 5.32 Å². The van der Waals surface area contributed by atoms with Gasteiger partial charge in [0.25, 0.3) is 11.8 Å². The van der Waals surface area contributed by atoms with Crippen molar-refractivity contribution >= 4 is 35.0 Å². The number of hydrogen-bond acceptors (Lipinski definition) is 3. The molecule has 0 radical (unpaired) electrons. The lowest BCUT2D eigenvalue weighted by atomic mass is 10.0. The lowest BCUT2D eigenvalue weighted by molar-refractivity contribution is -0.137. The Morgan fingerprint density at radius 2 is 1.59 bits per heavy atom. The average molecular weight is 425 g/mol. The first-order chi connectivity index (χ1) is 13.5. The van der Waals surface area contributed by atoms with Gasteiger partial charge in [0.05, 0.1) is 21.7 Å². The van der Waals surface area contributed by atoms with Crippen molar-refractivity contribution in [1.29, 1.82) is 0 Å². The number of hydrogen-bond donors (Lipinski definition) is 1. The monoisotopic (exact) mass is 424 g/mol. The first kappa shape index (κ1) is 20.9. The Balaban J connectivity index is 1.91. The van der Waals surface area contributed by atoms with Crippen LogP contribution in [0.2, 0.25) is 5.02 Å². The fraction of sp³-hybridized carbons (Fsp3) is 0.250. The van der Waals surface area contributed by atoms with Crippen molar-refractivity contribution in [2.45, 2.75) is 26.1 Å². The van der Waals surface area contributed by atoms with Crippen LogP contribution in [0, 0.1) is 5.92 Å². The molecule has 2 aromatic rings. The van der Waals surface area contributed by atoms with Gasteiger partial charge in [-0.25, -0.2) is 0 Å². The van der Waals surface area contributed by atoms with E-state index in [4.69, 9.17) is 11.6 Å². The minimum Gasteiger partial charge on any atom is -0.324 e. The number of benzene rings is 2. The zero-order chi connectivity index (χ0) is 21.5. The fourth-order valence-corrected chi connectivity index (χ4v) is 3.44. The van der Waals surface area contributed by atoms with E-state index in [9.17, 15) is 27.6 Å². The van der Waals surface area contributed by atoms with Crippen LogP contribution in [0.25, 0.3) is 0 Å². The molecule has 1 N–H and O–H groups in total. The molecule has 5 nitrogen and oxygen atoms in total. The third-order valence-electron chi connectivity index (χ3n) is 4.54. The maximum absolute atomic E-state index is 13.1. The minimum absolute atomic E-state index is 0.144. The summed E-state index contributed by atoms with van der Waals surface area (Å²) < 4.78 is 39.2. The van der Waals surface area contributed by atoms with Gasteiger partial charge in [0, 0.05) is 5.69 Å². The largest absolute Gasteiger partial charge is 0.417 e. The van der Waals surface area contributed by atoms with Crippen molar-refractivity contribution in [3.05, 3.63) is 64.2 Å². The van der Waals surface area contributed by atoms with Gasteiger partial charge < -0.3 is 5.32 Å². The molecule has 0 spiro atoms. The number of alkyl halides is 3. The average Bonchev–Trinajstić information content (AvgIpc) is 2.88. The fourth-order valence-electron chi connectivity index (χ4n) is 3.22. The van der Waals surface area contributed by atoms with Crippen molar-refractivity contribution in [2.24, 2.45) is 5.92 Å². The van der Waals surface area contributed by atoms with E-state index in [-0.39, 0.29) is 16.8 Å². The normalized spacial score (nSPS) is 14.9. The number of carbonyl (C=O) groups excluding carboxylic acids is 3. The molecule has 0 saturated heterocycles. The maximum atomic E-state index is 13.1. The van der Waals surface area contributed by atoms with E-state index >= 15 is 0 Å². The van der Waals surface area contributed by atoms with Crippen LogP contribution in [-0.2, 0) is 11.0 Å². The molecule has 29 heavy (non-hydrogen) atoms. The molecule has 1 aliphatic heterocycles. The van der Waals surface area contributed by atoms with Crippen LogP contribution in [0.4, 0.5) is 18.9 Å². The van der Waals surface area contributed by atoms with Crippen LogP contribution in [0.15, 0.2) is 42.5 Å². The number of carbonyl (C=O) groups is 3. The zero-order valence-corrected chi connectivity index (χ0v) is 16.1. The molecule has 1 unspecified atom stereocenters. The summed E-state index contributed by atoms with van der Waals surface area (Å²) in [5.41, 5.74) is -0.878. The van der Waals surface area contributed by atoms with E-state index in [1.54, 1.807) is 26.0 Å². The second-order valence-electron chi connectivity index (χ2n) is 6.90. The van der Waals surface area contributed by atoms with Crippen LogP contribution in [0.1, 0.15) is 40.1 Å². The van der Waals surface area contributed by atoms with Gasteiger partial charge in [-0.2, -0.15) is 13.2 Å². The van der Waals surface area contributed by atoms with Gasteiger partial charge in [0.2, 0.25) is 5.91 Å². The molecule has 3 amide bonds. The number of rotatable bonds is 4. The lowest BCUT2D eigenvalue weighted by Crippen LogP contribution is -2.50. The lowest BCUT2D eigenvalue weighted by Gasteiger charge is -2.28. The van der Waals surface area contributed by atoms with E-state index in [0.717, 1.165) is 11.0 Å². The number of nitrogens with zero attached hydrogens (tertiary/aromatic N) is 1. The summed E-state index contributed by atoms with van der Waals surface area (Å²) in [5, 5.41) is 1.86. The first-order valence-electron chi connectivity index (χ1n) is 8.67. The highest BCUT2D eigenvalue weighted by Crippen LogP contribution is 2.36. The SMILES string of the molecule is CC(C)C(C(=O)Nc1ccc(Cl)c(C(F)(F)F)c1)N1C(=O)c2ccccc2C1=O. The van der Waals surface area contributed by atoms with Crippen molar-refractivity contribution in [1.82, 2.24) is 4.90 Å². The van der Waals surface area contributed by atoms with Gasteiger partial charge in [-0.15, -0.1) is 0 Å². The van der Waals surface area contributed by atoms with Crippen molar-refractivity contribution in [3.8, 4) is 0 Å². The molecule has 9 heteroatoms. The Labute approximate surface area is 169 Å². The first-order valence-corrected chi connectivity index (χ1v) is 9.04. The summed E-state index contributed by atoms with van der Waals surface area (Å²) in [6, 6.07) is 7.92. The number of imide groups is 1. The summed E-state index contributed by atoms with van der Waals surface area (Å²) in [6.45, 7) is 3.27. The molecule has 0 bridgehead atoms. The Bertz CT molecular complexity index is 970. The van der Waals surface area contributed by atoms with E-state index in [0.29, 0.717) is 6.07 Å². The molecule has 1 atom stereocenters. The third-order valence-corrected chi connectivity index (χ3v) is 4.87. The molecule has 3 rings (SSSR count). The maximum Gasteiger partial charge on any atom is 0.417 e. The third kappa shape index (κ3) is 3.85. The molecule has 2 aromatic carbocycles. The van der Waals surface area contributed by atoms with E-state index < -0.39 is 46.4 Å². The van der Waals surface area contributed by atoms with Crippen molar-refractivity contribution in [2.75, 3.05) is 5.32 Å². The number of nitrogens with one attached hydrogen (secondary N) is 1. The molecule has 0 aliphatic carbocycles. The topological polar surface area (TPSA) is 66.5 Å². The molecular formula is C20H16ClF3N2O3. The van der Waals surface area contributed by atoms with Gasteiger partial charge in [-0.3, -0.25) is 19.3 Å². The van der Waals surface area contributed by atoms with Crippen molar-refractivity contribution < 1.29 is 27.6 Å². The van der Waals surface area contributed by atoms with Gasteiger partial charge in [-0.05, 0) is 36.2 Å². The molecule has 152 valence electrons. The summed E-state index contributed by atoms with van der Waals surface area (Å²) in [7, 11) is 0.